The van der Waals surface area contributed by atoms with Crippen LogP contribution < -0.4 is 0 Å². The molecule has 156 valence electrons. The van der Waals surface area contributed by atoms with Gasteiger partial charge in [0.2, 0.25) is 0 Å². The summed E-state index contributed by atoms with van der Waals surface area (Å²) in [5.74, 6) is -0.709. The van der Waals surface area contributed by atoms with Gasteiger partial charge < -0.3 is 4.74 Å². The van der Waals surface area contributed by atoms with Crippen molar-refractivity contribution in [2.75, 3.05) is 7.11 Å². The van der Waals surface area contributed by atoms with Crippen molar-refractivity contribution in [3.8, 4) is 0 Å². The summed E-state index contributed by atoms with van der Waals surface area (Å²) in [7, 11) is 1.32. The van der Waals surface area contributed by atoms with Crippen LogP contribution in [0.3, 0.4) is 0 Å². The lowest BCUT2D eigenvalue weighted by Crippen LogP contribution is -2.27. The summed E-state index contributed by atoms with van der Waals surface area (Å²) in [6.07, 6.45) is -2.64. The number of alkyl halides is 3. The number of hydrogen-bond donors (Lipinski definition) is 0. The Labute approximate surface area is 180 Å². The second kappa shape index (κ2) is 9.01. The van der Waals surface area contributed by atoms with E-state index in [1.54, 1.807) is 30.3 Å². The van der Waals surface area contributed by atoms with Crippen LogP contribution in [0.25, 0.3) is 6.08 Å². The molecule has 1 heterocycles. The van der Waals surface area contributed by atoms with E-state index >= 15 is 0 Å². The SMILES string of the molecule is COC(=O)Cc1ccc(/C=C2\SC(=S)N(Cc3cccc(C(F)(F)F)c3)C2=O)cc1. The number of amides is 1. The number of esters is 1. The highest BCUT2D eigenvalue weighted by Crippen LogP contribution is 2.35. The molecule has 0 saturated carbocycles. The van der Waals surface area contributed by atoms with E-state index in [-0.39, 0.29) is 29.2 Å². The van der Waals surface area contributed by atoms with Gasteiger partial charge in [0.15, 0.2) is 0 Å². The second-order valence-corrected chi connectivity index (χ2v) is 8.14. The molecular formula is C21H16F3NO3S2. The first-order valence-electron chi connectivity index (χ1n) is 8.74. The molecule has 1 aliphatic rings. The average molecular weight is 451 g/mol. The van der Waals surface area contributed by atoms with Crippen molar-refractivity contribution in [1.82, 2.24) is 4.90 Å². The van der Waals surface area contributed by atoms with Crippen LogP contribution in [0.1, 0.15) is 22.3 Å². The van der Waals surface area contributed by atoms with E-state index in [0.29, 0.717) is 10.5 Å². The Morgan fingerprint density at radius 3 is 2.50 bits per heavy atom. The number of thiocarbonyl (C=S) groups is 1. The Kier molecular flexibility index (Phi) is 6.62. The van der Waals surface area contributed by atoms with Gasteiger partial charge in [-0.2, -0.15) is 13.2 Å². The number of halogens is 3. The second-order valence-electron chi connectivity index (χ2n) is 6.46. The number of thioether (sulfide) groups is 1. The first-order valence-corrected chi connectivity index (χ1v) is 9.97. The van der Waals surface area contributed by atoms with Crippen LogP contribution >= 0.6 is 24.0 Å². The van der Waals surface area contributed by atoms with Crippen LogP contribution in [0.4, 0.5) is 13.2 Å². The fraction of sp³-hybridized carbons (Fsp3) is 0.190. The lowest BCUT2D eigenvalue weighted by Gasteiger charge is -2.15. The van der Waals surface area contributed by atoms with Gasteiger partial charge in [-0.3, -0.25) is 14.5 Å². The molecule has 4 nitrogen and oxygen atoms in total. The van der Waals surface area contributed by atoms with E-state index < -0.39 is 11.7 Å². The molecule has 3 rings (SSSR count). The minimum Gasteiger partial charge on any atom is -0.469 e. The van der Waals surface area contributed by atoms with Crippen LogP contribution in [-0.4, -0.2) is 28.2 Å². The predicted molar refractivity (Wildman–Crippen MR) is 112 cm³/mol. The fourth-order valence-electron chi connectivity index (χ4n) is 2.79. The molecule has 0 aliphatic carbocycles. The Bertz CT molecular complexity index is 1020. The predicted octanol–water partition coefficient (Wildman–Crippen LogP) is 4.82. The number of methoxy groups -OCH3 is 1. The number of hydrogen-bond acceptors (Lipinski definition) is 5. The van der Waals surface area contributed by atoms with E-state index in [1.807, 2.05) is 0 Å². The van der Waals surface area contributed by atoms with Crippen LogP contribution in [0.5, 0.6) is 0 Å². The standard InChI is InChI=1S/C21H16F3NO3S2/c1-28-18(26)11-14-7-5-13(6-8-14)10-17-19(27)25(20(29)30-17)12-15-3-2-4-16(9-15)21(22,23)24/h2-10H,11-12H2,1H3/b17-10-. The van der Waals surface area contributed by atoms with E-state index in [1.165, 1.54) is 24.1 Å². The topological polar surface area (TPSA) is 46.6 Å². The zero-order valence-corrected chi connectivity index (χ0v) is 17.4. The Balaban J connectivity index is 1.74. The van der Waals surface area contributed by atoms with Gasteiger partial charge in [0, 0.05) is 0 Å². The fourth-order valence-corrected chi connectivity index (χ4v) is 4.04. The molecule has 0 unspecified atom stereocenters. The quantitative estimate of drug-likeness (QED) is 0.371. The molecule has 1 fully saturated rings. The molecule has 2 aromatic rings. The van der Waals surface area contributed by atoms with Gasteiger partial charge in [-0.1, -0.05) is 60.4 Å². The third-order valence-electron chi connectivity index (χ3n) is 4.32. The van der Waals surface area contributed by atoms with Gasteiger partial charge in [-0.05, 0) is 34.9 Å². The van der Waals surface area contributed by atoms with Crippen molar-refractivity contribution >= 4 is 46.3 Å². The van der Waals surface area contributed by atoms with Gasteiger partial charge in [0.05, 0.1) is 30.5 Å². The molecule has 0 spiro atoms. The van der Waals surface area contributed by atoms with Gasteiger partial charge in [0.1, 0.15) is 4.32 Å². The van der Waals surface area contributed by atoms with Crippen molar-refractivity contribution < 1.29 is 27.5 Å². The molecule has 0 aromatic heterocycles. The number of carbonyl (C=O) groups excluding carboxylic acids is 2. The minimum atomic E-state index is -4.45. The molecule has 0 bridgehead atoms. The van der Waals surface area contributed by atoms with Crippen molar-refractivity contribution in [3.05, 3.63) is 75.7 Å². The summed E-state index contributed by atoms with van der Waals surface area (Å²) in [5.41, 5.74) is 1.09. The molecule has 0 N–H and O–H groups in total. The zero-order valence-electron chi connectivity index (χ0n) is 15.7. The highest BCUT2D eigenvalue weighted by atomic mass is 32.2. The average Bonchev–Trinajstić information content (AvgIpc) is 2.96. The molecule has 0 radical (unpaired) electrons. The number of nitrogens with zero attached hydrogens (tertiary/aromatic N) is 1. The Hall–Kier alpha value is -2.65. The van der Waals surface area contributed by atoms with Gasteiger partial charge in [-0.15, -0.1) is 0 Å². The molecule has 0 atom stereocenters. The van der Waals surface area contributed by atoms with Crippen LogP contribution in [0.15, 0.2) is 53.4 Å². The maximum atomic E-state index is 12.9. The van der Waals surface area contributed by atoms with Crippen molar-refractivity contribution in [2.24, 2.45) is 0 Å². The minimum absolute atomic E-state index is 0.0377. The van der Waals surface area contributed by atoms with Crippen LogP contribution in [0, 0.1) is 0 Å². The Morgan fingerprint density at radius 2 is 1.87 bits per heavy atom. The summed E-state index contributed by atoms with van der Waals surface area (Å²) in [4.78, 5) is 25.7. The third kappa shape index (κ3) is 5.28. The monoisotopic (exact) mass is 451 g/mol. The van der Waals surface area contributed by atoms with Crippen molar-refractivity contribution in [2.45, 2.75) is 19.1 Å². The summed E-state index contributed by atoms with van der Waals surface area (Å²) in [5, 5.41) is 0. The first-order chi connectivity index (χ1) is 14.2. The number of rotatable bonds is 5. The largest absolute Gasteiger partial charge is 0.469 e. The van der Waals surface area contributed by atoms with Gasteiger partial charge in [-0.25, -0.2) is 0 Å². The summed E-state index contributed by atoms with van der Waals surface area (Å²) in [6.45, 7) is -0.0377. The van der Waals surface area contributed by atoms with Crippen molar-refractivity contribution in [1.29, 1.82) is 0 Å². The molecule has 1 aliphatic heterocycles. The van der Waals surface area contributed by atoms with Gasteiger partial charge in [0.25, 0.3) is 5.91 Å². The van der Waals surface area contributed by atoms with E-state index in [2.05, 4.69) is 4.74 Å². The highest BCUT2D eigenvalue weighted by molar-refractivity contribution is 8.26. The lowest BCUT2D eigenvalue weighted by molar-refractivity contribution is -0.140. The molecule has 2 aromatic carbocycles. The van der Waals surface area contributed by atoms with Crippen LogP contribution in [-0.2, 0) is 33.5 Å². The summed E-state index contributed by atoms with van der Waals surface area (Å²) in [6, 6.07) is 11.9. The smallest absolute Gasteiger partial charge is 0.416 e. The number of benzene rings is 2. The maximum absolute atomic E-state index is 12.9. The molecule has 30 heavy (non-hydrogen) atoms. The third-order valence-corrected chi connectivity index (χ3v) is 5.70. The zero-order chi connectivity index (χ0) is 21.9. The van der Waals surface area contributed by atoms with Crippen LogP contribution in [0.2, 0.25) is 0 Å². The first kappa shape index (κ1) is 22.0. The normalized spacial score (nSPS) is 15.7. The van der Waals surface area contributed by atoms with Crippen molar-refractivity contribution in [3.63, 3.8) is 0 Å². The Morgan fingerprint density at radius 1 is 1.17 bits per heavy atom. The van der Waals surface area contributed by atoms with E-state index in [0.717, 1.165) is 35.0 Å². The summed E-state index contributed by atoms with van der Waals surface area (Å²) >= 11 is 6.35. The molecular weight excluding hydrogens is 435 g/mol. The number of carbonyl (C=O) groups is 2. The van der Waals surface area contributed by atoms with Gasteiger partial charge >= 0.3 is 12.1 Å². The van der Waals surface area contributed by atoms with E-state index in [4.69, 9.17) is 12.2 Å². The summed E-state index contributed by atoms with van der Waals surface area (Å²) < 4.78 is 43.6. The molecule has 9 heteroatoms. The number of ether oxygens (including phenoxy) is 1. The molecule has 1 amide bonds. The maximum Gasteiger partial charge on any atom is 0.416 e. The lowest BCUT2D eigenvalue weighted by atomic mass is 10.1. The van der Waals surface area contributed by atoms with E-state index in [9.17, 15) is 22.8 Å². The highest BCUT2D eigenvalue weighted by Gasteiger charge is 2.33. The molecule has 1 saturated heterocycles.